The van der Waals surface area contributed by atoms with Crippen LogP contribution in [0.15, 0.2) is 113 Å². The van der Waals surface area contributed by atoms with Crippen LogP contribution in [0.5, 0.6) is 17.2 Å². The van der Waals surface area contributed by atoms with Crippen LogP contribution in [-0.2, 0) is 11.4 Å². The topological polar surface area (TPSA) is 86.2 Å². The van der Waals surface area contributed by atoms with Crippen molar-refractivity contribution in [3.63, 3.8) is 0 Å². The first-order valence-electron chi connectivity index (χ1n) is 11.8. The van der Waals surface area contributed by atoms with E-state index in [1.807, 2.05) is 30.3 Å². The molecule has 0 aliphatic heterocycles. The van der Waals surface area contributed by atoms with E-state index in [-0.39, 0.29) is 0 Å². The van der Waals surface area contributed by atoms with Gasteiger partial charge in [0.1, 0.15) is 23.9 Å². The largest absolute Gasteiger partial charge is 0.489 e. The molecule has 1 amide bonds. The second-order valence-corrected chi connectivity index (χ2v) is 9.12. The molecule has 192 valence electrons. The first-order valence-corrected chi connectivity index (χ1v) is 12.6. The van der Waals surface area contributed by atoms with Gasteiger partial charge in [-0.3, -0.25) is 4.79 Å². The third kappa shape index (κ3) is 8.04. The lowest BCUT2D eigenvalue weighted by molar-refractivity contribution is -0.127. The van der Waals surface area contributed by atoms with Crippen LogP contribution in [0.3, 0.4) is 0 Å². The average Bonchev–Trinajstić information content (AvgIpc) is 2.94. The lowest BCUT2D eigenvalue weighted by atomic mass is 10.2. The average molecular weight is 573 g/mol. The molecule has 4 rings (SSSR count). The van der Waals surface area contributed by atoms with E-state index in [1.54, 1.807) is 79.7 Å². The normalized spacial score (nSPS) is 11.5. The Morgan fingerprint density at radius 2 is 1.47 bits per heavy atom. The van der Waals surface area contributed by atoms with Crippen LogP contribution in [0.2, 0.25) is 0 Å². The van der Waals surface area contributed by atoms with Crippen LogP contribution in [0, 0.1) is 0 Å². The van der Waals surface area contributed by atoms with Gasteiger partial charge in [0.25, 0.3) is 5.91 Å². The first kappa shape index (κ1) is 26.6. The maximum Gasteiger partial charge on any atom is 0.343 e. The van der Waals surface area contributed by atoms with Gasteiger partial charge in [0.05, 0.1) is 11.8 Å². The van der Waals surface area contributed by atoms with E-state index >= 15 is 0 Å². The van der Waals surface area contributed by atoms with Gasteiger partial charge in [-0.1, -0.05) is 46.3 Å². The zero-order chi connectivity index (χ0) is 26.7. The smallest absolute Gasteiger partial charge is 0.343 e. The molecular weight excluding hydrogens is 548 g/mol. The van der Waals surface area contributed by atoms with Gasteiger partial charge in [0.15, 0.2) is 6.10 Å². The number of carbonyl (C=O) groups excluding carboxylic acids is 2. The Bertz CT molecular complexity index is 1370. The molecule has 0 aliphatic rings. The molecule has 0 saturated heterocycles. The molecular formula is C30H25BrN2O5. The van der Waals surface area contributed by atoms with E-state index in [1.165, 1.54) is 6.21 Å². The molecule has 1 atom stereocenters. The number of hydrogen-bond acceptors (Lipinski definition) is 6. The minimum Gasteiger partial charge on any atom is -0.489 e. The summed E-state index contributed by atoms with van der Waals surface area (Å²) in [6.45, 7) is 2.11. The van der Waals surface area contributed by atoms with E-state index in [2.05, 4.69) is 26.5 Å². The predicted molar refractivity (Wildman–Crippen MR) is 149 cm³/mol. The molecule has 0 radical (unpaired) electrons. The molecule has 4 aromatic carbocycles. The van der Waals surface area contributed by atoms with Crippen molar-refractivity contribution in [1.29, 1.82) is 0 Å². The molecule has 0 spiro atoms. The summed E-state index contributed by atoms with van der Waals surface area (Å²) in [6.07, 6.45) is 0.729. The molecule has 0 heterocycles. The molecule has 0 fully saturated rings. The fraction of sp³-hybridized carbons (Fsp3) is 0.100. The maximum atomic E-state index is 12.4. The Morgan fingerprint density at radius 1 is 0.842 bits per heavy atom. The summed E-state index contributed by atoms with van der Waals surface area (Å²) in [5, 5.41) is 3.98. The fourth-order valence-corrected chi connectivity index (χ4v) is 3.51. The minimum atomic E-state index is -0.761. The molecule has 4 aromatic rings. The van der Waals surface area contributed by atoms with Crippen molar-refractivity contribution in [3.8, 4) is 17.2 Å². The van der Waals surface area contributed by atoms with Crippen molar-refractivity contribution < 1.29 is 23.8 Å². The van der Waals surface area contributed by atoms with Gasteiger partial charge in [0, 0.05) is 4.47 Å². The summed E-state index contributed by atoms with van der Waals surface area (Å²) in [5.74, 6) is 0.798. The van der Waals surface area contributed by atoms with Gasteiger partial charge in [-0.15, -0.1) is 0 Å². The molecule has 0 unspecified atom stereocenters. The number of hydrazone groups is 1. The second-order valence-electron chi connectivity index (χ2n) is 8.21. The van der Waals surface area contributed by atoms with Crippen molar-refractivity contribution in [2.75, 3.05) is 0 Å². The van der Waals surface area contributed by atoms with Crippen LogP contribution in [0.1, 0.15) is 28.4 Å². The highest BCUT2D eigenvalue weighted by molar-refractivity contribution is 9.10. The quantitative estimate of drug-likeness (QED) is 0.106. The number of halogens is 1. The van der Waals surface area contributed by atoms with Crippen molar-refractivity contribution in [2.24, 2.45) is 5.10 Å². The zero-order valence-corrected chi connectivity index (χ0v) is 22.1. The summed E-state index contributed by atoms with van der Waals surface area (Å²) in [7, 11) is 0. The molecule has 0 bridgehead atoms. The summed E-state index contributed by atoms with van der Waals surface area (Å²) >= 11 is 3.33. The summed E-state index contributed by atoms with van der Waals surface area (Å²) in [5.41, 5.74) is 4.71. The van der Waals surface area contributed by atoms with E-state index < -0.39 is 18.0 Å². The van der Waals surface area contributed by atoms with Crippen LogP contribution in [0.4, 0.5) is 0 Å². The van der Waals surface area contributed by atoms with E-state index in [0.29, 0.717) is 35.0 Å². The second kappa shape index (κ2) is 13.2. The molecule has 0 aliphatic carbocycles. The Morgan fingerprint density at radius 3 is 2.16 bits per heavy atom. The monoisotopic (exact) mass is 572 g/mol. The van der Waals surface area contributed by atoms with Crippen molar-refractivity contribution in [1.82, 2.24) is 5.43 Å². The molecule has 1 N–H and O–H groups in total. The highest BCUT2D eigenvalue weighted by Crippen LogP contribution is 2.20. The third-order valence-corrected chi connectivity index (χ3v) is 5.84. The number of nitrogens with zero attached hydrogens (tertiary/aromatic N) is 1. The lowest BCUT2D eigenvalue weighted by Gasteiger charge is -2.13. The fourth-order valence-electron chi connectivity index (χ4n) is 3.25. The van der Waals surface area contributed by atoms with Crippen LogP contribution < -0.4 is 19.6 Å². The number of nitrogens with one attached hydrogen (secondary N) is 1. The lowest BCUT2D eigenvalue weighted by Crippen LogP contribution is -2.33. The van der Waals surface area contributed by atoms with E-state index in [9.17, 15) is 9.59 Å². The summed E-state index contributed by atoms with van der Waals surface area (Å²) in [4.78, 5) is 24.6. The van der Waals surface area contributed by atoms with Gasteiger partial charge in [-0.05, 0) is 90.8 Å². The first-order chi connectivity index (χ1) is 18.5. The Labute approximate surface area is 229 Å². The van der Waals surface area contributed by atoms with E-state index in [4.69, 9.17) is 14.2 Å². The number of carbonyl (C=O) groups is 2. The van der Waals surface area contributed by atoms with Crippen molar-refractivity contribution in [2.45, 2.75) is 19.6 Å². The van der Waals surface area contributed by atoms with E-state index in [0.717, 1.165) is 10.0 Å². The number of esters is 1. The highest BCUT2D eigenvalue weighted by Gasteiger charge is 2.14. The van der Waals surface area contributed by atoms with Crippen molar-refractivity contribution in [3.05, 3.63) is 124 Å². The number of benzene rings is 4. The third-order valence-electron chi connectivity index (χ3n) is 5.31. The van der Waals surface area contributed by atoms with Crippen LogP contribution in [-0.4, -0.2) is 24.2 Å². The van der Waals surface area contributed by atoms with Gasteiger partial charge in [0.2, 0.25) is 0 Å². The minimum absolute atomic E-state index is 0.397. The Kier molecular flexibility index (Phi) is 9.26. The summed E-state index contributed by atoms with van der Waals surface area (Å²) < 4.78 is 17.7. The van der Waals surface area contributed by atoms with Gasteiger partial charge < -0.3 is 14.2 Å². The number of ether oxygens (including phenoxy) is 3. The van der Waals surface area contributed by atoms with Crippen LogP contribution >= 0.6 is 15.9 Å². The molecule has 8 heteroatoms. The molecule has 7 nitrogen and oxygen atoms in total. The SMILES string of the molecule is C[C@H](Oc1ccc(OCc2ccccc2)cc1)C(=O)N/N=C\c1ccc(OC(=O)c2ccc(Br)cc2)cc1. The molecule has 38 heavy (non-hydrogen) atoms. The van der Waals surface area contributed by atoms with Crippen molar-refractivity contribution >= 4 is 34.0 Å². The maximum absolute atomic E-state index is 12.4. The highest BCUT2D eigenvalue weighted by atomic mass is 79.9. The van der Waals surface area contributed by atoms with Gasteiger partial charge >= 0.3 is 5.97 Å². The number of amides is 1. The molecule has 0 aromatic heterocycles. The Balaban J connectivity index is 1.21. The standard InChI is InChI=1S/C30H25BrN2O5/c1-21(37-27-17-15-26(16-18-27)36-20-23-5-3-2-4-6-23)29(34)33-32-19-22-7-13-28(14-8-22)38-30(35)24-9-11-25(31)12-10-24/h2-19,21H,20H2,1H3,(H,33,34)/b32-19-/t21-/m0/s1. The van der Waals surface area contributed by atoms with Gasteiger partial charge in [-0.25, -0.2) is 10.2 Å². The molecule has 0 saturated carbocycles. The number of hydrogen-bond donors (Lipinski definition) is 1. The predicted octanol–water partition coefficient (Wildman–Crippen LogP) is 6.16. The van der Waals surface area contributed by atoms with Crippen LogP contribution in [0.25, 0.3) is 0 Å². The van der Waals surface area contributed by atoms with Gasteiger partial charge in [-0.2, -0.15) is 5.10 Å². The summed E-state index contributed by atoms with van der Waals surface area (Å²) in [6, 6.07) is 30.6. The number of rotatable bonds is 10. The zero-order valence-electron chi connectivity index (χ0n) is 20.5. The Hall–Kier alpha value is -4.43.